The molecule has 3 rings (SSSR count). The lowest BCUT2D eigenvalue weighted by atomic mass is 9.77. The molecule has 2 saturated heterocycles. The Hall–Kier alpha value is -1.91. The standard InChI is InChI=1S/C13H16ClN3O2.C2HF3O2/c14-10-4-16-2-1-9(10)3-11(15)12(18)17-5-13(6-17)7-19-8-13;3-2(4,5)1(6)7/h1-2,4,11H,3,5-8,15H2;(H,6,7)/t11-;/m0./s1. The van der Waals surface area contributed by atoms with Crippen LogP contribution in [0.15, 0.2) is 18.5 Å². The van der Waals surface area contributed by atoms with E-state index in [-0.39, 0.29) is 11.3 Å². The third-order valence-electron chi connectivity index (χ3n) is 4.04. The predicted molar refractivity (Wildman–Crippen MR) is 84.4 cm³/mol. The van der Waals surface area contributed by atoms with Crippen LogP contribution in [0.5, 0.6) is 0 Å². The first-order valence-corrected chi connectivity index (χ1v) is 7.92. The van der Waals surface area contributed by atoms with Crippen molar-refractivity contribution < 1.29 is 32.6 Å². The van der Waals surface area contributed by atoms with Gasteiger partial charge in [0.05, 0.1) is 29.7 Å². The van der Waals surface area contributed by atoms with E-state index in [0.29, 0.717) is 11.4 Å². The van der Waals surface area contributed by atoms with Crippen molar-refractivity contribution in [1.29, 1.82) is 0 Å². The first-order chi connectivity index (χ1) is 12.0. The van der Waals surface area contributed by atoms with Crippen molar-refractivity contribution in [1.82, 2.24) is 9.88 Å². The van der Waals surface area contributed by atoms with Gasteiger partial charge in [0.1, 0.15) is 0 Å². The van der Waals surface area contributed by atoms with Gasteiger partial charge in [-0.25, -0.2) is 4.79 Å². The number of hydrogen-bond donors (Lipinski definition) is 2. The minimum atomic E-state index is -5.08. The molecule has 1 atom stereocenters. The summed E-state index contributed by atoms with van der Waals surface area (Å²) in [5.74, 6) is -2.77. The third kappa shape index (κ3) is 4.83. The second-order valence-corrected chi connectivity index (χ2v) is 6.67. The number of aromatic nitrogens is 1. The fourth-order valence-electron chi connectivity index (χ4n) is 2.62. The average Bonchev–Trinajstić information content (AvgIpc) is 2.46. The number of carbonyl (C=O) groups is 2. The Morgan fingerprint density at radius 3 is 2.42 bits per heavy atom. The first kappa shape index (κ1) is 20.4. The molecule has 0 bridgehead atoms. The average molecular weight is 396 g/mol. The Balaban J connectivity index is 0.000000298. The highest BCUT2D eigenvalue weighted by Crippen LogP contribution is 2.37. The topological polar surface area (TPSA) is 106 Å². The molecule has 144 valence electrons. The van der Waals surface area contributed by atoms with Gasteiger partial charge in [-0.15, -0.1) is 0 Å². The van der Waals surface area contributed by atoms with Gasteiger partial charge in [-0.2, -0.15) is 13.2 Å². The second kappa shape index (κ2) is 7.77. The van der Waals surface area contributed by atoms with E-state index in [1.807, 2.05) is 4.90 Å². The summed E-state index contributed by atoms with van der Waals surface area (Å²) < 4.78 is 36.9. The van der Waals surface area contributed by atoms with Crippen LogP contribution in [-0.2, 0) is 20.7 Å². The maximum Gasteiger partial charge on any atom is 0.490 e. The molecule has 1 amide bonds. The molecule has 11 heteroatoms. The van der Waals surface area contributed by atoms with Crippen molar-refractivity contribution in [3.05, 3.63) is 29.0 Å². The van der Waals surface area contributed by atoms with Gasteiger partial charge in [0.2, 0.25) is 5.91 Å². The van der Waals surface area contributed by atoms with Gasteiger partial charge < -0.3 is 20.5 Å². The lowest BCUT2D eigenvalue weighted by Gasteiger charge is -2.55. The number of halogens is 4. The number of carbonyl (C=O) groups excluding carboxylic acids is 1. The number of amides is 1. The zero-order valence-corrected chi connectivity index (χ0v) is 14.3. The van der Waals surface area contributed by atoms with Crippen LogP contribution >= 0.6 is 11.6 Å². The van der Waals surface area contributed by atoms with Crippen LogP contribution in [0.1, 0.15) is 5.56 Å². The number of carboxylic acids is 1. The van der Waals surface area contributed by atoms with Crippen molar-refractivity contribution in [2.45, 2.75) is 18.6 Å². The Morgan fingerprint density at radius 2 is 2.00 bits per heavy atom. The van der Waals surface area contributed by atoms with E-state index >= 15 is 0 Å². The quantitative estimate of drug-likeness (QED) is 0.793. The van der Waals surface area contributed by atoms with E-state index in [1.54, 1.807) is 18.5 Å². The van der Waals surface area contributed by atoms with Crippen LogP contribution in [0.25, 0.3) is 0 Å². The Labute approximate surface area is 151 Å². The van der Waals surface area contributed by atoms with Crippen molar-refractivity contribution in [3.8, 4) is 0 Å². The number of nitrogens with zero attached hydrogens (tertiary/aromatic N) is 2. The van der Waals surface area contributed by atoms with Gasteiger partial charge in [0.25, 0.3) is 0 Å². The zero-order valence-electron chi connectivity index (χ0n) is 13.5. The summed E-state index contributed by atoms with van der Waals surface area (Å²) in [6.07, 6.45) is -1.42. The van der Waals surface area contributed by atoms with Gasteiger partial charge in [0.15, 0.2) is 0 Å². The molecule has 7 nitrogen and oxygen atoms in total. The van der Waals surface area contributed by atoms with E-state index in [4.69, 9.17) is 32.0 Å². The summed E-state index contributed by atoms with van der Waals surface area (Å²) in [7, 11) is 0. The summed E-state index contributed by atoms with van der Waals surface area (Å²) in [6, 6.07) is 1.26. The molecular weight excluding hydrogens is 379 g/mol. The molecule has 2 fully saturated rings. The van der Waals surface area contributed by atoms with Crippen LogP contribution in [0.4, 0.5) is 13.2 Å². The van der Waals surface area contributed by atoms with Crippen molar-refractivity contribution in [2.75, 3.05) is 26.3 Å². The monoisotopic (exact) mass is 395 g/mol. The maximum atomic E-state index is 12.2. The minimum Gasteiger partial charge on any atom is -0.475 e. The lowest BCUT2D eigenvalue weighted by molar-refractivity contribution is -0.195. The summed E-state index contributed by atoms with van der Waals surface area (Å²) in [5.41, 5.74) is 7.06. The molecule has 0 aromatic carbocycles. The number of aliphatic carboxylic acids is 1. The number of ether oxygens (including phenoxy) is 1. The Kier molecular flexibility index (Phi) is 6.09. The molecule has 3 heterocycles. The minimum absolute atomic E-state index is 0.00889. The van der Waals surface area contributed by atoms with Crippen LogP contribution < -0.4 is 5.73 Å². The number of pyridine rings is 1. The van der Waals surface area contributed by atoms with Gasteiger partial charge in [-0.3, -0.25) is 9.78 Å². The summed E-state index contributed by atoms with van der Waals surface area (Å²) >= 11 is 6.02. The third-order valence-corrected chi connectivity index (χ3v) is 4.38. The molecule has 0 saturated carbocycles. The summed E-state index contributed by atoms with van der Waals surface area (Å²) in [6.45, 7) is 3.07. The first-order valence-electron chi connectivity index (χ1n) is 7.55. The van der Waals surface area contributed by atoms with Crippen molar-refractivity contribution in [2.24, 2.45) is 11.1 Å². The molecule has 26 heavy (non-hydrogen) atoms. The summed E-state index contributed by atoms with van der Waals surface area (Å²) in [5, 5.41) is 7.68. The smallest absolute Gasteiger partial charge is 0.475 e. The van der Waals surface area contributed by atoms with Crippen LogP contribution in [0, 0.1) is 5.41 Å². The number of rotatable bonds is 3. The molecule has 2 aliphatic heterocycles. The van der Waals surface area contributed by atoms with E-state index < -0.39 is 18.2 Å². The van der Waals surface area contributed by atoms with Crippen LogP contribution in [0.2, 0.25) is 5.02 Å². The SMILES string of the molecule is N[C@@H](Cc1ccncc1Cl)C(=O)N1CC2(COC2)C1.O=C(O)C(F)(F)F. The number of hydrogen-bond acceptors (Lipinski definition) is 5. The molecule has 0 unspecified atom stereocenters. The maximum absolute atomic E-state index is 12.2. The van der Waals surface area contributed by atoms with Crippen LogP contribution in [0.3, 0.4) is 0 Å². The van der Waals surface area contributed by atoms with E-state index in [0.717, 1.165) is 31.9 Å². The normalized spacial score (nSPS) is 18.9. The highest BCUT2D eigenvalue weighted by atomic mass is 35.5. The Bertz CT molecular complexity index is 674. The number of carboxylic acid groups (broad SMARTS) is 1. The van der Waals surface area contributed by atoms with E-state index in [1.165, 1.54) is 0 Å². The van der Waals surface area contributed by atoms with Crippen molar-refractivity contribution >= 4 is 23.5 Å². The van der Waals surface area contributed by atoms with Gasteiger partial charge in [-0.1, -0.05) is 11.6 Å². The molecule has 2 aliphatic rings. The van der Waals surface area contributed by atoms with Crippen LogP contribution in [-0.4, -0.2) is 65.4 Å². The van der Waals surface area contributed by atoms with Gasteiger partial charge in [0, 0.05) is 25.5 Å². The lowest BCUT2D eigenvalue weighted by Crippen LogP contribution is -2.69. The molecule has 1 spiro atoms. The Morgan fingerprint density at radius 1 is 1.42 bits per heavy atom. The molecule has 1 aromatic heterocycles. The highest BCUT2D eigenvalue weighted by molar-refractivity contribution is 6.31. The second-order valence-electron chi connectivity index (χ2n) is 6.27. The van der Waals surface area contributed by atoms with E-state index in [9.17, 15) is 18.0 Å². The fraction of sp³-hybridized carbons (Fsp3) is 0.533. The zero-order chi connectivity index (χ0) is 19.5. The van der Waals surface area contributed by atoms with E-state index in [2.05, 4.69) is 4.98 Å². The molecular formula is C15H17ClF3N3O4. The van der Waals surface area contributed by atoms with Crippen molar-refractivity contribution in [3.63, 3.8) is 0 Å². The molecule has 0 radical (unpaired) electrons. The predicted octanol–water partition coefficient (Wildman–Crippen LogP) is 1.10. The largest absolute Gasteiger partial charge is 0.490 e. The highest BCUT2D eigenvalue weighted by Gasteiger charge is 2.51. The number of likely N-dealkylation sites (tertiary alicyclic amines) is 1. The van der Waals surface area contributed by atoms with Gasteiger partial charge in [-0.05, 0) is 18.1 Å². The van der Waals surface area contributed by atoms with Gasteiger partial charge >= 0.3 is 12.1 Å². The molecule has 0 aliphatic carbocycles. The molecule has 1 aromatic rings. The number of nitrogens with two attached hydrogens (primary N) is 1. The number of alkyl halides is 3. The fourth-order valence-corrected chi connectivity index (χ4v) is 2.82. The summed E-state index contributed by atoms with van der Waals surface area (Å²) in [4.78, 5) is 26.8. The molecule has 3 N–H and O–H groups in total.